The first-order valence-corrected chi connectivity index (χ1v) is 6.42. The van der Waals surface area contributed by atoms with Gasteiger partial charge in [0.2, 0.25) is 5.91 Å². The van der Waals surface area contributed by atoms with Crippen LogP contribution in [0.5, 0.6) is 0 Å². The lowest BCUT2D eigenvalue weighted by molar-refractivity contribution is -0.125. The molecule has 0 aromatic rings. The summed E-state index contributed by atoms with van der Waals surface area (Å²) >= 11 is 0. The first-order valence-electron chi connectivity index (χ1n) is 6.42. The van der Waals surface area contributed by atoms with Crippen molar-refractivity contribution < 1.29 is 4.79 Å². The molecule has 2 aliphatic carbocycles. The monoisotopic (exact) mass is 220 g/mol. The molecule has 2 atom stereocenters. The van der Waals surface area contributed by atoms with Gasteiger partial charge in [-0.1, -0.05) is 26.2 Å². The van der Waals surface area contributed by atoms with Crippen molar-refractivity contribution in [3.05, 3.63) is 0 Å². The summed E-state index contributed by atoms with van der Waals surface area (Å²) in [6, 6.07) is 2.47. The maximum atomic E-state index is 11.9. The number of hydrogen-bond donors (Lipinski definition) is 1. The summed E-state index contributed by atoms with van der Waals surface area (Å²) in [4.78, 5) is 11.9. The highest BCUT2D eigenvalue weighted by atomic mass is 16.2. The first kappa shape index (κ1) is 11.4. The average molecular weight is 220 g/mol. The molecule has 1 amide bonds. The molecule has 0 saturated heterocycles. The van der Waals surface area contributed by atoms with Crippen molar-refractivity contribution in [2.45, 2.75) is 57.9 Å². The van der Waals surface area contributed by atoms with Crippen molar-refractivity contribution in [2.75, 3.05) is 0 Å². The highest BCUT2D eigenvalue weighted by Gasteiger charge is 2.51. The molecule has 0 aromatic heterocycles. The number of nitrogens with zero attached hydrogens (tertiary/aromatic N) is 1. The second-order valence-corrected chi connectivity index (χ2v) is 5.31. The summed E-state index contributed by atoms with van der Waals surface area (Å²) in [6.07, 6.45) is 7.40. The minimum Gasteiger partial charge on any atom is -0.352 e. The van der Waals surface area contributed by atoms with E-state index in [9.17, 15) is 4.79 Å². The second kappa shape index (κ2) is 4.45. The zero-order valence-corrected chi connectivity index (χ0v) is 9.96. The van der Waals surface area contributed by atoms with E-state index in [0.29, 0.717) is 6.04 Å². The molecule has 2 saturated carbocycles. The SMILES string of the molecule is CCC1CCCC(NC(=O)C2(C#N)CC2)C1. The van der Waals surface area contributed by atoms with Crippen molar-refractivity contribution in [1.82, 2.24) is 5.32 Å². The molecule has 0 radical (unpaired) electrons. The van der Waals surface area contributed by atoms with Crippen LogP contribution in [0.1, 0.15) is 51.9 Å². The molecule has 2 unspecified atom stereocenters. The highest BCUT2D eigenvalue weighted by molar-refractivity contribution is 5.88. The van der Waals surface area contributed by atoms with Gasteiger partial charge in [0.05, 0.1) is 6.07 Å². The van der Waals surface area contributed by atoms with E-state index in [-0.39, 0.29) is 5.91 Å². The fourth-order valence-corrected chi connectivity index (χ4v) is 2.63. The van der Waals surface area contributed by atoms with Crippen LogP contribution in [-0.4, -0.2) is 11.9 Å². The van der Waals surface area contributed by atoms with Gasteiger partial charge in [0, 0.05) is 6.04 Å². The van der Waals surface area contributed by atoms with Gasteiger partial charge in [-0.3, -0.25) is 4.79 Å². The van der Waals surface area contributed by atoms with Gasteiger partial charge in [-0.25, -0.2) is 0 Å². The van der Waals surface area contributed by atoms with Gasteiger partial charge in [0.1, 0.15) is 5.41 Å². The van der Waals surface area contributed by atoms with Gasteiger partial charge in [0.15, 0.2) is 0 Å². The zero-order valence-electron chi connectivity index (χ0n) is 9.96. The van der Waals surface area contributed by atoms with E-state index < -0.39 is 5.41 Å². The predicted octanol–water partition coefficient (Wildman–Crippen LogP) is 2.38. The Bertz CT molecular complexity index is 314. The van der Waals surface area contributed by atoms with E-state index in [1.54, 1.807) is 0 Å². The molecular formula is C13H20N2O. The van der Waals surface area contributed by atoms with Crippen molar-refractivity contribution in [1.29, 1.82) is 5.26 Å². The van der Waals surface area contributed by atoms with Crippen LogP contribution < -0.4 is 5.32 Å². The van der Waals surface area contributed by atoms with Crippen molar-refractivity contribution in [3.63, 3.8) is 0 Å². The van der Waals surface area contributed by atoms with E-state index in [1.165, 1.54) is 19.3 Å². The standard InChI is InChI=1S/C13H20N2O/c1-2-10-4-3-5-11(8-10)15-12(16)13(9-14)6-7-13/h10-11H,2-8H2,1H3,(H,15,16). The van der Waals surface area contributed by atoms with E-state index in [4.69, 9.17) is 5.26 Å². The maximum absolute atomic E-state index is 11.9. The third-order valence-corrected chi connectivity index (χ3v) is 4.09. The van der Waals surface area contributed by atoms with Gasteiger partial charge in [0.25, 0.3) is 0 Å². The number of nitrogens with one attached hydrogen (secondary N) is 1. The molecule has 3 nitrogen and oxygen atoms in total. The Kier molecular flexibility index (Phi) is 3.18. The first-order chi connectivity index (χ1) is 7.70. The Labute approximate surface area is 97.2 Å². The fraction of sp³-hybridized carbons (Fsp3) is 0.846. The zero-order chi connectivity index (χ0) is 11.6. The Morgan fingerprint density at radius 3 is 2.81 bits per heavy atom. The van der Waals surface area contributed by atoms with Crippen LogP contribution in [0.3, 0.4) is 0 Å². The van der Waals surface area contributed by atoms with Crippen LogP contribution in [0.2, 0.25) is 0 Å². The normalized spacial score (nSPS) is 31.5. The van der Waals surface area contributed by atoms with Crippen molar-refractivity contribution in [3.8, 4) is 6.07 Å². The molecule has 2 aliphatic rings. The Balaban J connectivity index is 1.86. The van der Waals surface area contributed by atoms with Crippen LogP contribution in [-0.2, 0) is 4.79 Å². The Morgan fingerprint density at radius 2 is 2.25 bits per heavy atom. The predicted molar refractivity (Wildman–Crippen MR) is 61.5 cm³/mol. The Hall–Kier alpha value is -1.04. The minimum absolute atomic E-state index is 0.0169. The van der Waals surface area contributed by atoms with Crippen LogP contribution >= 0.6 is 0 Å². The number of carbonyl (C=O) groups is 1. The number of nitriles is 1. The largest absolute Gasteiger partial charge is 0.352 e. The molecule has 0 heterocycles. The fourth-order valence-electron chi connectivity index (χ4n) is 2.63. The molecule has 0 spiro atoms. The maximum Gasteiger partial charge on any atom is 0.240 e. The van der Waals surface area contributed by atoms with Crippen LogP contribution in [0.25, 0.3) is 0 Å². The highest BCUT2D eigenvalue weighted by Crippen LogP contribution is 2.45. The summed E-state index contributed by atoms with van der Waals surface area (Å²) in [7, 11) is 0. The molecule has 3 heteroatoms. The van der Waals surface area contributed by atoms with E-state index in [1.807, 2.05) is 0 Å². The number of rotatable bonds is 3. The molecule has 2 rings (SSSR count). The van der Waals surface area contributed by atoms with Crippen molar-refractivity contribution in [2.24, 2.45) is 11.3 Å². The molecular weight excluding hydrogens is 200 g/mol. The lowest BCUT2D eigenvalue weighted by Crippen LogP contribution is -2.41. The topological polar surface area (TPSA) is 52.9 Å². The summed E-state index contributed by atoms with van der Waals surface area (Å²) in [5, 5.41) is 12.0. The Morgan fingerprint density at radius 1 is 1.50 bits per heavy atom. The molecule has 0 bridgehead atoms. The summed E-state index contributed by atoms with van der Waals surface area (Å²) in [5.41, 5.74) is -0.654. The van der Waals surface area contributed by atoms with Crippen LogP contribution in [0.4, 0.5) is 0 Å². The third-order valence-electron chi connectivity index (χ3n) is 4.09. The van der Waals surface area contributed by atoms with Gasteiger partial charge < -0.3 is 5.32 Å². The molecule has 1 N–H and O–H groups in total. The quantitative estimate of drug-likeness (QED) is 0.794. The third kappa shape index (κ3) is 2.21. The molecule has 88 valence electrons. The number of carbonyl (C=O) groups excluding carboxylic acids is 1. The summed E-state index contributed by atoms with van der Waals surface area (Å²) < 4.78 is 0. The lowest BCUT2D eigenvalue weighted by Gasteiger charge is -2.29. The van der Waals surface area contributed by atoms with Gasteiger partial charge in [-0.05, 0) is 31.6 Å². The van der Waals surface area contributed by atoms with E-state index in [0.717, 1.165) is 31.6 Å². The number of hydrogen-bond acceptors (Lipinski definition) is 2. The lowest BCUT2D eigenvalue weighted by atomic mass is 9.84. The molecule has 0 aliphatic heterocycles. The van der Waals surface area contributed by atoms with Gasteiger partial charge >= 0.3 is 0 Å². The summed E-state index contributed by atoms with van der Waals surface area (Å²) in [6.45, 7) is 2.21. The molecule has 2 fully saturated rings. The smallest absolute Gasteiger partial charge is 0.240 e. The van der Waals surface area contributed by atoms with Crippen LogP contribution in [0, 0.1) is 22.7 Å². The molecule has 16 heavy (non-hydrogen) atoms. The van der Waals surface area contributed by atoms with Gasteiger partial charge in [-0.15, -0.1) is 0 Å². The van der Waals surface area contributed by atoms with E-state index >= 15 is 0 Å². The van der Waals surface area contributed by atoms with Crippen LogP contribution in [0.15, 0.2) is 0 Å². The minimum atomic E-state index is -0.654. The van der Waals surface area contributed by atoms with E-state index in [2.05, 4.69) is 18.3 Å². The average Bonchev–Trinajstić information content (AvgIpc) is 3.10. The molecule has 0 aromatic carbocycles. The van der Waals surface area contributed by atoms with Gasteiger partial charge in [-0.2, -0.15) is 5.26 Å². The summed E-state index contributed by atoms with van der Waals surface area (Å²) in [5.74, 6) is 0.744. The number of amides is 1. The van der Waals surface area contributed by atoms with Crippen molar-refractivity contribution >= 4 is 5.91 Å². The second-order valence-electron chi connectivity index (χ2n) is 5.31.